The lowest BCUT2D eigenvalue weighted by molar-refractivity contribution is -0.137. The highest BCUT2D eigenvalue weighted by atomic mass is 35.5. The molecule has 1 aromatic carbocycles. The van der Waals surface area contributed by atoms with E-state index in [0.717, 1.165) is 6.07 Å². The van der Waals surface area contributed by atoms with E-state index in [9.17, 15) is 14.0 Å². The Morgan fingerprint density at radius 3 is 2.48 bits per heavy atom. The number of halogens is 2. The van der Waals surface area contributed by atoms with Crippen LogP contribution in [0.5, 0.6) is 0 Å². The number of nitrogens with zero attached hydrogens (tertiary/aromatic N) is 1. The van der Waals surface area contributed by atoms with Gasteiger partial charge in [-0.05, 0) is 39.0 Å². The number of urea groups is 1. The van der Waals surface area contributed by atoms with Crippen molar-refractivity contribution >= 4 is 29.3 Å². The molecule has 0 spiro atoms. The first kappa shape index (κ1) is 17.2. The molecule has 0 unspecified atom stereocenters. The third-order valence-corrected chi connectivity index (χ3v) is 3.09. The van der Waals surface area contributed by atoms with Crippen LogP contribution in [0.3, 0.4) is 0 Å². The number of nitrogens with one attached hydrogen (secondary N) is 1. The van der Waals surface area contributed by atoms with Gasteiger partial charge in [0.2, 0.25) is 0 Å². The van der Waals surface area contributed by atoms with Gasteiger partial charge in [0.05, 0.1) is 17.1 Å². The number of amides is 2. The highest BCUT2D eigenvalue weighted by Crippen LogP contribution is 2.24. The summed E-state index contributed by atoms with van der Waals surface area (Å²) in [7, 11) is 0. The number of benzene rings is 1. The van der Waals surface area contributed by atoms with Crippen LogP contribution in [0, 0.1) is 5.82 Å². The molecule has 0 atom stereocenters. The molecule has 2 amide bonds. The Kier molecular flexibility index (Phi) is 5.54. The van der Waals surface area contributed by atoms with Crippen LogP contribution in [-0.4, -0.2) is 34.1 Å². The van der Waals surface area contributed by atoms with E-state index in [1.807, 2.05) is 0 Å². The van der Waals surface area contributed by atoms with E-state index in [1.54, 1.807) is 20.8 Å². The number of carboxylic acids is 1. The van der Waals surface area contributed by atoms with Crippen LogP contribution >= 0.6 is 11.6 Å². The molecule has 0 saturated carbocycles. The minimum absolute atomic E-state index is 0.0590. The molecule has 0 saturated heterocycles. The van der Waals surface area contributed by atoms with Crippen LogP contribution < -0.4 is 5.32 Å². The van der Waals surface area contributed by atoms with Crippen molar-refractivity contribution in [3.8, 4) is 0 Å². The van der Waals surface area contributed by atoms with Gasteiger partial charge in [-0.3, -0.25) is 4.79 Å². The molecule has 7 heteroatoms. The third-order valence-electron chi connectivity index (χ3n) is 2.78. The van der Waals surface area contributed by atoms with Gasteiger partial charge in [-0.2, -0.15) is 0 Å². The summed E-state index contributed by atoms with van der Waals surface area (Å²) < 4.78 is 13.0. The smallest absolute Gasteiger partial charge is 0.322 e. The molecule has 0 aliphatic rings. The Bertz CT molecular complexity index is 544. The number of rotatable bonds is 4. The number of carbonyl (C=O) groups is 2. The highest BCUT2D eigenvalue weighted by molar-refractivity contribution is 6.33. The fourth-order valence-electron chi connectivity index (χ4n) is 1.72. The van der Waals surface area contributed by atoms with E-state index < -0.39 is 23.4 Å². The second kappa shape index (κ2) is 6.76. The number of anilines is 1. The molecule has 116 valence electrons. The van der Waals surface area contributed by atoms with Gasteiger partial charge < -0.3 is 15.3 Å². The lowest BCUT2D eigenvalue weighted by Gasteiger charge is -2.35. The van der Waals surface area contributed by atoms with Gasteiger partial charge in [0.25, 0.3) is 0 Å². The molecule has 1 aromatic rings. The van der Waals surface area contributed by atoms with Crippen LogP contribution in [-0.2, 0) is 4.79 Å². The normalized spacial score (nSPS) is 11.1. The van der Waals surface area contributed by atoms with Crippen LogP contribution in [0.2, 0.25) is 5.02 Å². The van der Waals surface area contributed by atoms with Crippen LogP contribution in [0.25, 0.3) is 0 Å². The molecule has 0 aliphatic carbocycles. The van der Waals surface area contributed by atoms with E-state index in [1.165, 1.54) is 17.0 Å². The SMILES string of the molecule is CC(C)(C)N(CCC(=O)O)C(=O)Nc1ccc(F)cc1Cl. The molecule has 0 fully saturated rings. The largest absolute Gasteiger partial charge is 0.481 e. The summed E-state index contributed by atoms with van der Waals surface area (Å²) in [5.41, 5.74) is -0.292. The highest BCUT2D eigenvalue weighted by Gasteiger charge is 2.27. The Balaban J connectivity index is 2.88. The van der Waals surface area contributed by atoms with Gasteiger partial charge in [0.1, 0.15) is 5.82 Å². The molecule has 2 N–H and O–H groups in total. The summed E-state index contributed by atoms with van der Waals surface area (Å²) >= 11 is 5.85. The molecular formula is C14H18ClFN2O3. The number of aliphatic carboxylic acids is 1. The van der Waals surface area contributed by atoms with Gasteiger partial charge >= 0.3 is 12.0 Å². The Hall–Kier alpha value is -1.82. The van der Waals surface area contributed by atoms with Crippen molar-refractivity contribution < 1.29 is 19.1 Å². The number of hydrogen-bond acceptors (Lipinski definition) is 2. The minimum atomic E-state index is -0.989. The van der Waals surface area contributed by atoms with Crippen LogP contribution in [0.1, 0.15) is 27.2 Å². The van der Waals surface area contributed by atoms with Gasteiger partial charge in [-0.15, -0.1) is 0 Å². The van der Waals surface area contributed by atoms with E-state index in [-0.39, 0.29) is 23.7 Å². The fraction of sp³-hybridized carbons (Fsp3) is 0.429. The maximum Gasteiger partial charge on any atom is 0.322 e. The lowest BCUT2D eigenvalue weighted by Crippen LogP contribution is -2.48. The van der Waals surface area contributed by atoms with E-state index >= 15 is 0 Å². The van der Waals surface area contributed by atoms with Crippen molar-refractivity contribution in [1.29, 1.82) is 0 Å². The number of carbonyl (C=O) groups excluding carboxylic acids is 1. The first-order valence-electron chi connectivity index (χ1n) is 6.36. The third kappa shape index (κ3) is 5.23. The summed E-state index contributed by atoms with van der Waals surface area (Å²) in [5.74, 6) is -1.49. The van der Waals surface area contributed by atoms with Crippen molar-refractivity contribution in [2.75, 3.05) is 11.9 Å². The average Bonchev–Trinajstić information content (AvgIpc) is 2.30. The first-order valence-corrected chi connectivity index (χ1v) is 6.74. The Labute approximate surface area is 127 Å². The quantitative estimate of drug-likeness (QED) is 0.892. The average molecular weight is 317 g/mol. The minimum Gasteiger partial charge on any atom is -0.481 e. The standard InChI is InChI=1S/C14H18ClFN2O3/c1-14(2,3)18(7-6-12(19)20)13(21)17-11-5-4-9(16)8-10(11)15/h4-5,8H,6-7H2,1-3H3,(H,17,21)(H,19,20). The molecule has 1 rings (SSSR count). The van der Waals surface area contributed by atoms with Gasteiger partial charge in [0, 0.05) is 12.1 Å². The van der Waals surface area contributed by atoms with Gasteiger partial charge in [-0.25, -0.2) is 9.18 Å². The Morgan fingerprint density at radius 1 is 1.38 bits per heavy atom. The van der Waals surface area contributed by atoms with Crippen molar-refractivity contribution in [3.63, 3.8) is 0 Å². The number of carboxylic acid groups (broad SMARTS) is 1. The van der Waals surface area contributed by atoms with Gasteiger partial charge in [0.15, 0.2) is 0 Å². The Morgan fingerprint density at radius 2 is 2.00 bits per heavy atom. The molecule has 0 radical (unpaired) electrons. The van der Waals surface area contributed by atoms with Crippen LogP contribution in [0.15, 0.2) is 18.2 Å². The summed E-state index contributed by atoms with van der Waals surface area (Å²) in [4.78, 5) is 24.4. The predicted octanol–water partition coefficient (Wildman–Crippen LogP) is 3.59. The molecule has 0 bridgehead atoms. The zero-order chi connectivity index (χ0) is 16.2. The van der Waals surface area contributed by atoms with Crippen LogP contribution in [0.4, 0.5) is 14.9 Å². The summed E-state index contributed by atoms with van der Waals surface area (Å²) in [6.07, 6.45) is -0.165. The number of hydrogen-bond donors (Lipinski definition) is 2. The zero-order valence-corrected chi connectivity index (χ0v) is 12.9. The fourth-order valence-corrected chi connectivity index (χ4v) is 1.94. The first-order chi connectivity index (χ1) is 9.61. The monoisotopic (exact) mass is 316 g/mol. The van der Waals surface area contributed by atoms with E-state index in [0.29, 0.717) is 0 Å². The molecule has 0 heterocycles. The van der Waals surface area contributed by atoms with E-state index in [2.05, 4.69) is 5.32 Å². The maximum atomic E-state index is 13.0. The molecule has 5 nitrogen and oxygen atoms in total. The summed E-state index contributed by atoms with van der Waals surface area (Å²) in [6, 6.07) is 3.14. The second-order valence-corrected chi connectivity index (χ2v) is 5.93. The molecule has 21 heavy (non-hydrogen) atoms. The topological polar surface area (TPSA) is 69.6 Å². The van der Waals surface area contributed by atoms with Gasteiger partial charge in [-0.1, -0.05) is 11.6 Å². The van der Waals surface area contributed by atoms with Crippen molar-refractivity contribution in [2.24, 2.45) is 0 Å². The summed E-state index contributed by atoms with van der Waals surface area (Å²) in [6.45, 7) is 5.44. The predicted molar refractivity (Wildman–Crippen MR) is 79.1 cm³/mol. The maximum absolute atomic E-state index is 13.0. The summed E-state index contributed by atoms with van der Waals surface area (Å²) in [5, 5.41) is 11.4. The van der Waals surface area contributed by atoms with Crippen molar-refractivity contribution in [2.45, 2.75) is 32.7 Å². The van der Waals surface area contributed by atoms with E-state index in [4.69, 9.17) is 16.7 Å². The molecule has 0 aromatic heterocycles. The van der Waals surface area contributed by atoms with Crippen molar-refractivity contribution in [1.82, 2.24) is 4.90 Å². The molecular weight excluding hydrogens is 299 g/mol. The molecule has 0 aliphatic heterocycles. The van der Waals surface area contributed by atoms with Crippen molar-refractivity contribution in [3.05, 3.63) is 29.0 Å². The lowest BCUT2D eigenvalue weighted by atomic mass is 10.1. The zero-order valence-electron chi connectivity index (χ0n) is 12.1. The second-order valence-electron chi connectivity index (χ2n) is 5.52.